The second kappa shape index (κ2) is 20.2. The molecule has 7 atom stereocenters. The van der Waals surface area contributed by atoms with E-state index in [1.807, 2.05) is 19.9 Å². The van der Waals surface area contributed by atoms with Crippen molar-refractivity contribution in [2.75, 3.05) is 19.8 Å². The molecule has 1 aromatic carbocycles. The number of hydrogen-bond donors (Lipinski definition) is 8. The van der Waals surface area contributed by atoms with Crippen molar-refractivity contribution < 1.29 is 65.2 Å². The monoisotopic (exact) mass is 667 g/mol. The van der Waals surface area contributed by atoms with Crippen LogP contribution in [0.4, 0.5) is 0 Å². The van der Waals surface area contributed by atoms with Crippen molar-refractivity contribution in [2.45, 2.75) is 84.2 Å². The number of carbonyl (C=O) groups is 2. The van der Waals surface area contributed by atoms with Crippen LogP contribution < -0.4 is 10.2 Å². The van der Waals surface area contributed by atoms with Gasteiger partial charge in [0, 0.05) is 29.7 Å². The van der Waals surface area contributed by atoms with Gasteiger partial charge in [-0.1, -0.05) is 32.1 Å². The highest BCUT2D eigenvalue weighted by atomic mass is 17.1. The highest BCUT2D eigenvalue weighted by Crippen LogP contribution is 2.36. The summed E-state index contributed by atoms with van der Waals surface area (Å²) in [5.41, 5.74) is 2.33. The van der Waals surface area contributed by atoms with Crippen LogP contribution in [0, 0.1) is 24.7 Å². The van der Waals surface area contributed by atoms with E-state index in [-0.39, 0.29) is 41.7 Å². The van der Waals surface area contributed by atoms with Crippen LogP contribution in [-0.4, -0.2) is 92.4 Å². The molecule has 4 aliphatic rings. The topological polar surface area (TPSA) is 225 Å². The second-order valence-electron chi connectivity index (χ2n) is 11.9. The van der Waals surface area contributed by atoms with E-state index >= 15 is 0 Å². The molecule has 264 valence electrons. The predicted molar refractivity (Wildman–Crippen MR) is 170 cm³/mol. The van der Waals surface area contributed by atoms with Crippen LogP contribution in [0.5, 0.6) is 5.75 Å². The van der Waals surface area contributed by atoms with Gasteiger partial charge in [0.25, 0.3) is 0 Å². The molecule has 1 aliphatic carbocycles. The van der Waals surface area contributed by atoms with Gasteiger partial charge in [0.1, 0.15) is 12.2 Å². The van der Waals surface area contributed by atoms with Crippen molar-refractivity contribution in [1.29, 1.82) is 0 Å². The minimum absolute atomic E-state index is 0.0283. The number of aliphatic hydroxyl groups excluding tert-OH is 3. The number of rotatable bonds is 3. The fraction of sp³-hybridized carbons (Fsp3) is 0.576. The summed E-state index contributed by atoms with van der Waals surface area (Å²) in [5, 5.41) is 62.6. The number of aryl methyl sites for hydroxylation is 1. The van der Waals surface area contributed by atoms with E-state index in [0.717, 1.165) is 0 Å². The van der Waals surface area contributed by atoms with E-state index in [4.69, 9.17) is 30.0 Å². The van der Waals surface area contributed by atoms with Crippen LogP contribution in [-0.2, 0) is 32.0 Å². The quantitative estimate of drug-likeness (QED) is 0.132. The van der Waals surface area contributed by atoms with E-state index in [0.29, 0.717) is 61.0 Å². The Morgan fingerprint density at radius 1 is 1.11 bits per heavy atom. The lowest BCUT2D eigenvalue weighted by Gasteiger charge is -2.28. The Hall–Kier alpha value is -3.18. The maximum atomic E-state index is 13.1. The molecule has 14 heteroatoms. The van der Waals surface area contributed by atoms with Gasteiger partial charge in [-0.3, -0.25) is 20.6 Å². The third-order valence-electron chi connectivity index (χ3n) is 8.50. The van der Waals surface area contributed by atoms with Gasteiger partial charge in [0.05, 0.1) is 31.1 Å². The van der Waals surface area contributed by atoms with Crippen molar-refractivity contribution in [3.05, 3.63) is 64.5 Å². The number of fused-ring (bicyclic) bond motifs is 11. The van der Waals surface area contributed by atoms with E-state index in [1.54, 1.807) is 38.1 Å². The molecular weight excluding hydrogens is 618 g/mol. The minimum atomic E-state index is -0.863. The Balaban J connectivity index is 0.00000145. The van der Waals surface area contributed by atoms with Gasteiger partial charge in [-0.15, -0.1) is 0 Å². The van der Waals surface area contributed by atoms with Crippen molar-refractivity contribution in [3.63, 3.8) is 0 Å². The summed E-state index contributed by atoms with van der Waals surface area (Å²) in [4.78, 5) is 35.6. The van der Waals surface area contributed by atoms with E-state index < -0.39 is 36.8 Å². The molecule has 14 nitrogen and oxygen atoms in total. The smallest absolute Gasteiger partial charge is 0.343 e. The molecule has 0 aromatic heterocycles. The Bertz CT molecular complexity index is 1250. The molecule has 0 spiro atoms. The standard InChI is InChI=1S/C31H41NO10.C2H6O.H2O2/c1-17-6-4-8-20(15-33)30(35)32-22-9-10-23-24(14-22)27(41-37)19(3)13-25(23)31(36)39-11-5-7-18(2)28(42-38)29-26(34)21(12-17)16-40-29;1-2-3;1-2/h4-6,8,11,13,17-18,21-22,26,28-29,33-34,37-38H,7,9-10,12,14-16H2,1-3H3,(H,32,35);3H,2H2,1H3;1-2H/b6-4+,11-5+,20-8-;;/t17?,18-,21+,22?,26?,28?,29-;;/m1../s1. The lowest BCUT2D eigenvalue weighted by Crippen LogP contribution is -2.42. The first-order valence-electron chi connectivity index (χ1n) is 15.6. The molecular formula is C33H49NO13. The van der Waals surface area contributed by atoms with Crippen LogP contribution in [0.3, 0.4) is 0 Å². The normalized spacial score (nSPS) is 30.6. The summed E-state index contributed by atoms with van der Waals surface area (Å²) >= 11 is 0. The van der Waals surface area contributed by atoms with E-state index in [9.17, 15) is 30.3 Å². The van der Waals surface area contributed by atoms with Crippen LogP contribution >= 0.6 is 0 Å². The predicted octanol–water partition coefficient (Wildman–Crippen LogP) is 3.28. The molecule has 0 saturated carbocycles. The number of esters is 1. The second-order valence-corrected chi connectivity index (χ2v) is 11.9. The Morgan fingerprint density at radius 2 is 1.81 bits per heavy atom. The third-order valence-corrected chi connectivity index (χ3v) is 8.50. The summed E-state index contributed by atoms with van der Waals surface area (Å²) in [7, 11) is 0. The van der Waals surface area contributed by atoms with Crippen molar-refractivity contribution >= 4 is 11.9 Å². The Kier molecular flexibility index (Phi) is 17.2. The summed E-state index contributed by atoms with van der Waals surface area (Å²) in [6.07, 6.45) is 7.96. The number of benzene rings is 1. The average Bonchev–Trinajstić information content (AvgIpc) is 3.40. The third kappa shape index (κ3) is 10.7. The maximum Gasteiger partial charge on any atom is 0.343 e. The van der Waals surface area contributed by atoms with Gasteiger partial charge in [0.15, 0.2) is 5.75 Å². The molecule has 1 amide bonds. The number of hydrogen-bond acceptors (Lipinski definition) is 13. The van der Waals surface area contributed by atoms with Gasteiger partial charge in [-0.25, -0.2) is 14.9 Å². The first-order chi connectivity index (χ1) is 22.6. The first-order valence-corrected chi connectivity index (χ1v) is 15.6. The van der Waals surface area contributed by atoms with Crippen LogP contribution in [0.2, 0.25) is 0 Å². The number of aliphatic hydroxyl groups is 3. The molecule has 5 rings (SSSR count). The summed E-state index contributed by atoms with van der Waals surface area (Å²) in [6.45, 7) is 7.30. The highest BCUT2D eigenvalue weighted by molar-refractivity contribution is 5.94. The van der Waals surface area contributed by atoms with E-state index in [2.05, 4.69) is 10.2 Å². The molecule has 1 saturated heterocycles. The van der Waals surface area contributed by atoms with Crippen LogP contribution in [0.15, 0.2) is 42.2 Å². The number of amides is 1. The molecule has 8 N–H and O–H groups in total. The molecule has 3 aliphatic heterocycles. The highest BCUT2D eigenvalue weighted by Gasteiger charge is 2.43. The zero-order chi connectivity index (χ0) is 35.1. The lowest BCUT2D eigenvalue weighted by molar-refractivity contribution is -0.312. The van der Waals surface area contributed by atoms with E-state index in [1.165, 1.54) is 6.26 Å². The van der Waals surface area contributed by atoms with Gasteiger partial charge < -0.3 is 35.0 Å². The summed E-state index contributed by atoms with van der Waals surface area (Å²) < 4.78 is 11.3. The lowest BCUT2D eigenvalue weighted by atomic mass is 9.83. The van der Waals surface area contributed by atoms with Gasteiger partial charge >= 0.3 is 5.97 Å². The first kappa shape index (κ1) is 40.0. The minimum Gasteiger partial charge on any atom is -0.431 e. The Labute approximate surface area is 274 Å². The van der Waals surface area contributed by atoms with Gasteiger partial charge in [-0.05, 0) is 81.1 Å². The zero-order valence-corrected chi connectivity index (χ0v) is 27.2. The van der Waals surface area contributed by atoms with Gasteiger partial charge in [-0.2, -0.15) is 0 Å². The van der Waals surface area contributed by atoms with Crippen LogP contribution in [0.25, 0.3) is 0 Å². The summed E-state index contributed by atoms with van der Waals surface area (Å²) in [5.74, 6) is -1.20. The molecule has 6 bridgehead atoms. The Morgan fingerprint density at radius 3 is 2.45 bits per heavy atom. The largest absolute Gasteiger partial charge is 0.431 e. The molecule has 3 heterocycles. The molecule has 47 heavy (non-hydrogen) atoms. The fourth-order valence-corrected chi connectivity index (χ4v) is 6.17. The SMILES string of the molecule is CCO.Cc1cc2c3c(c1OO)CC(CC3)NC(=O)/C(CO)=C\C=C\C(C)C[C@H]1CO[C@H](C1O)C(OO)[C@H](C)C/C=C/OC2=O.OO. The number of allylic oxidation sites excluding steroid dienone is 4. The van der Waals surface area contributed by atoms with Crippen molar-refractivity contribution in [2.24, 2.45) is 17.8 Å². The number of carbonyl (C=O) groups excluding carboxylic acids is 2. The zero-order valence-electron chi connectivity index (χ0n) is 27.2. The van der Waals surface area contributed by atoms with Crippen molar-refractivity contribution in [1.82, 2.24) is 5.32 Å². The van der Waals surface area contributed by atoms with Crippen molar-refractivity contribution in [3.8, 4) is 5.75 Å². The molecule has 1 fully saturated rings. The van der Waals surface area contributed by atoms with Gasteiger partial charge in [0.2, 0.25) is 5.91 Å². The average molecular weight is 668 g/mol. The molecule has 0 radical (unpaired) electrons. The number of nitrogens with one attached hydrogen (secondary N) is 1. The molecule has 1 aromatic rings. The number of ether oxygens (including phenoxy) is 2. The van der Waals surface area contributed by atoms with Crippen LogP contribution in [0.1, 0.15) is 67.1 Å². The summed E-state index contributed by atoms with van der Waals surface area (Å²) in [6, 6.07) is 1.29. The molecule has 4 unspecified atom stereocenters. The maximum absolute atomic E-state index is 13.1. The fourth-order valence-electron chi connectivity index (χ4n) is 6.17.